The molecule has 2 saturated carbocycles. The zero-order chi connectivity index (χ0) is 17.6. The van der Waals surface area contributed by atoms with Crippen molar-refractivity contribution in [3.8, 4) is 11.3 Å². The summed E-state index contributed by atoms with van der Waals surface area (Å²) in [6, 6.07) is 7.30. The van der Waals surface area contributed by atoms with Crippen LogP contribution in [0.1, 0.15) is 19.3 Å². The molecule has 2 bridgehead atoms. The van der Waals surface area contributed by atoms with Gasteiger partial charge < -0.3 is 15.2 Å². The average Bonchev–Trinajstić information content (AvgIpc) is 3.30. The highest BCUT2D eigenvalue weighted by Crippen LogP contribution is 2.52. The fourth-order valence-electron chi connectivity index (χ4n) is 4.28. The molecular formula is C18H16ClN2O3S-. The lowest BCUT2D eigenvalue weighted by Crippen LogP contribution is -2.43. The molecule has 2 fully saturated rings. The number of carbonyl (C=O) groups is 2. The Morgan fingerprint density at radius 3 is 2.52 bits per heavy atom. The Balaban J connectivity index is 1.50. The van der Waals surface area contributed by atoms with Crippen molar-refractivity contribution in [2.24, 2.45) is 23.7 Å². The SMILES string of the molecule is O=C([O-])[C@H]1[C@H]2CC[C@H](C2)[C@@H]1C(=O)Nc1nc(-c2ccc(Cl)cc2)cs1. The zero-order valence-corrected chi connectivity index (χ0v) is 14.8. The van der Waals surface area contributed by atoms with Crippen LogP contribution in [0.4, 0.5) is 5.13 Å². The van der Waals surface area contributed by atoms with Crippen LogP contribution in [-0.4, -0.2) is 16.9 Å². The summed E-state index contributed by atoms with van der Waals surface area (Å²) in [5.41, 5.74) is 1.66. The molecule has 4 atom stereocenters. The highest BCUT2D eigenvalue weighted by molar-refractivity contribution is 7.14. The zero-order valence-electron chi connectivity index (χ0n) is 13.3. The van der Waals surface area contributed by atoms with E-state index in [1.807, 2.05) is 17.5 Å². The average molecular weight is 376 g/mol. The summed E-state index contributed by atoms with van der Waals surface area (Å²) < 4.78 is 0. The number of carboxylic acid groups (broad SMARTS) is 1. The molecule has 4 rings (SSSR count). The Morgan fingerprint density at radius 1 is 1.16 bits per heavy atom. The summed E-state index contributed by atoms with van der Waals surface area (Å²) >= 11 is 7.21. The molecule has 25 heavy (non-hydrogen) atoms. The number of rotatable bonds is 4. The molecule has 7 heteroatoms. The molecule has 1 heterocycles. The van der Waals surface area contributed by atoms with E-state index in [1.54, 1.807) is 12.1 Å². The van der Waals surface area contributed by atoms with Gasteiger partial charge in [-0.25, -0.2) is 4.98 Å². The normalized spacial score (nSPS) is 27.4. The predicted molar refractivity (Wildman–Crippen MR) is 94.0 cm³/mol. The minimum atomic E-state index is -1.10. The Kier molecular flexibility index (Phi) is 4.25. The number of fused-ring (bicyclic) bond motifs is 2. The lowest BCUT2D eigenvalue weighted by atomic mass is 9.79. The number of benzene rings is 1. The van der Waals surface area contributed by atoms with Crippen molar-refractivity contribution in [3.05, 3.63) is 34.7 Å². The summed E-state index contributed by atoms with van der Waals surface area (Å²) in [5.74, 6) is -2.32. The predicted octanol–water partition coefficient (Wildman–Crippen LogP) is 2.81. The van der Waals surface area contributed by atoms with E-state index in [2.05, 4.69) is 10.3 Å². The minimum absolute atomic E-state index is 0.0756. The monoisotopic (exact) mass is 375 g/mol. The number of halogens is 1. The van der Waals surface area contributed by atoms with Crippen LogP contribution in [0.2, 0.25) is 5.02 Å². The second-order valence-electron chi connectivity index (χ2n) is 6.74. The first kappa shape index (κ1) is 16.5. The first-order valence-electron chi connectivity index (χ1n) is 8.26. The fourth-order valence-corrected chi connectivity index (χ4v) is 5.13. The van der Waals surface area contributed by atoms with Gasteiger partial charge in [-0.05, 0) is 43.2 Å². The molecular weight excluding hydrogens is 360 g/mol. The molecule has 1 aromatic heterocycles. The number of aromatic nitrogens is 1. The van der Waals surface area contributed by atoms with Crippen LogP contribution in [0.3, 0.4) is 0 Å². The van der Waals surface area contributed by atoms with Gasteiger partial charge in [-0.15, -0.1) is 11.3 Å². The van der Waals surface area contributed by atoms with E-state index in [1.165, 1.54) is 11.3 Å². The number of thiazole rings is 1. The molecule has 0 spiro atoms. The van der Waals surface area contributed by atoms with E-state index in [9.17, 15) is 14.7 Å². The van der Waals surface area contributed by atoms with Gasteiger partial charge >= 0.3 is 0 Å². The molecule has 1 amide bonds. The second kappa shape index (κ2) is 6.42. The van der Waals surface area contributed by atoms with Gasteiger partial charge in [0.1, 0.15) is 0 Å². The lowest BCUT2D eigenvalue weighted by Gasteiger charge is -2.30. The van der Waals surface area contributed by atoms with Crippen LogP contribution in [-0.2, 0) is 9.59 Å². The molecule has 2 aliphatic carbocycles. The van der Waals surface area contributed by atoms with E-state index in [4.69, 9.17) is 11.6 Å². The summed E-state index contributed by atoms with van der Waals surface area (Å²) in [4.78, 5) is 28.6. The summed E-state index contributed by atoms with van der Waals surface area (Å²) in [7, 11) is 0. The molecule has 0 saturated heterocycles. The molecule has 0 unspecified atom stereocenters. The molecule has 0 aliphatic heterocycles. The third kappa shape index (κ3) is 3.04. The van der Waals surface area contributed by atoms with Crippen molar-refractivity contribution in [2.75, 3.05) is 5.32 Å². The molecule has 1 aromatic carbocycles. The summed E-state index contributed by atoms with van der Waals surface area (Å²) in [6.45, 7) is 0. The third-order valence-corrected chi connectivity index (χ3v) is 6.38. The maximum atomic E-state index is 12.7. The van der Waals surface area contributed by atoms with E-state index in [0.29, 0.717) is 10.2 Å². The van der Waals surface area contributed by atoms with Crippen LogP contribution in [0, 0.1) is 23.7 Å². The van der Waals surface area contributed by atoms with Gasteiger partial charge in [-0.2, -0.15) is 0 Å². The molecule has 0 radical (unpaired) electrons. The number of carbonyl (C=O) groups excluding carboxylic acids is 2. The number of nitrogens with one attached hydrogen (secondary N) is 1. The van der Waals surface area contributed by atoms with Crippen molar-refractivity contribution < 1.29 is 14.7 Å². The van der Waals surface area contributed by atoms with Gasteiger partial charge in [-0.1, -0.05) is 23.7 Å². The highest BCUT2D eigenvalue weighted by Gasteiger charge is 2.51. The lowest BCUT2D eigenvalue weighted by molar-refractivity contribution is -0.314. The number of hydrogen-bond donors (Lipinski definition) is 1. The van der Waals surface area contributed by atoms with Crippen LogP contribution in [0.5, 0.6) is 0 Å². The summed E-state index contributed by atoms with van der Waals surface area (Å²) in [6.07, 6.45) is 2.61. The third-order valence-electron chi connectivity index (χ3n) is 5.37. The van der Waals surface area contributed by atoms with Crippen molar-refractivity contribution in [1.82, 2.24) is 4.98 Å². The summed E-state index contributed by atoms with van der Waals surface area (Å²) in [5, 5.41) is 17.3. The van der Waals surface area contributed by atoms with E-state index in [0.717, 1.165) is 30.5 Å². The molecule has 5 nitrogen and oxygen atoms in total. The van der Waals surface area contributed by atoms with Crippen molar-refractivity contribution in [3.63, 3.8) is 0 Å². The molecule has 130 valence electrons. The van der Waals surface area contributed by atoms with Gasteiger partial charge in [-0.3, -0.25) is 4.79 Å². The Bertz CT molecular complexity index is 820. The van der Waals surface area contributed by atoms with Crippen molar-refractivity contribution in [1.29, 1.82) is 0 Å². The first-order valence-corrected chi connectivity index (χ1v) is 9.52. The second-order valence-corrected chi connectivity index (χ2v) is 8.03. The molecule has 2 aromatic rings. The fraction of sp³-hybridized carbons (Fsp3) is 0.389. The van der Waals surface area contributed by atoms with Gasteiger partial charge in [0, 0.05) is 33.8 Å². The first-order chi connectivity index (χ1) is 12.0. The highest BCUT2D eigenvalue weighted by atomic mass is 35.5. The number of carboxylic acids is 1. The Hall–Kier alpha value is -1.92. The standard InChI is InChI=1S/C18H17ClN2O3S/c19-12-5-3-9(4-6-12)13-8-25-18(20-13)21-16(22)14-10-1-2-11(7-10)15(14)17(23)24/h3-6,8,10-11,14-15H,1-2,7H2,(H,23,24)(H,20,21,22)/p-1/t10-,11+,14+,15+/m1/s1. The van der Waals surface area contributed by atoms with Gasteiger partial charge in [0.05, 0.1) is 5.69 Å². The van der Waals surface area contributed by atoms with Crippen molar-refractivity contribution in [2.45, 2.75) is 19.3 Å². The quantitative estimate of drug-likeness (QED) is 0.890. The van der Waals surface area contributed by atoms with Crippen molar-refractivity contribution >= 4 is 39.9 Å². The van der Waals surface area contributed by atoms with E-state index in [-0.39, 0.29) is 17.7 Å². The van der Waals surface area contributed by atoms with Crippen LogP contribution in [0.25, 0.3) is 11.3 Å². The number of anilines is 1. The Morgan fingerprint density at radius 2 is 1.84 bits per heavy atom. The number of nitrogens with zero attached hydrogens (tertiary/aromatic N) is 1. The maximum absolute atomic E-state index is 12.7. The molecule has 1 N–H and O–H groups in total. The Labute approximate surface area is 154 Å². The molecule has 2 aliphatic rings. The van der Waals surface area contributed by atoms with Crippen LogP contribution >= 0.6 is 22.9 Å². The van der Waals surface area contributed by atoms with Crippen LogP contribution < -0.4 is 10.4 Å². The minimum Gasteiger partial charge on any atom is -0.550 e. The largest absolute Gasteiger partial charge is 0.550 e. The number of hydrogen-bond acceptors (Lipinski definition) is 5. The van der Waals surface area contributed by atoms with Gasteiger partial charge in [0.15, 0.2) is 5.13 Å². The number of aliphatic carboxylic acids is 1. The van der Waals surface area contributed by atoms with E-state index >= 15 is 0 Å². The topological polar surface area (TPSA) is 82.1 Å². The smallest absolute Gasteiger partial charge is 0.230 e. The maximum Gasteiger partial charge on any atom is 0.230 e. The number of amides is 1. The van der Waals surface area contributed by atoms with Gasteiger partial charge in [0.25, 0.3) is 0 Å². The van der Waals surface area contributed by atoms with Crippen LogP contribution in [0.15, 0.2) is 29.6 Å². The van der Waals surface area contributed by atoms with E-state index < -0.39 is 17.8 Å². The van der Waals surface area contributed by atoms with Gasteiger partial charge in [0.2, 0.25) is 5.91 Å².